The number of hydrogen-bond acceptors (Lipinski definition) is 3. The molecular formula is C11H19N3O. The Hall–Kier alpha value is -1.08. The van der Waals surface area contributed by atoms with Crippen LogP contribution in [0.2, 0.25) is 0 Å². The summed E-state index contributed by atoms with van der Waals surface area (Å²) in [5.41, 5.74) is 0. The van der Waals surface area contributed by atoms with E-state index in [1.165, 1.54) is 0 Å². The van der Waals surface area contributed by atoms with Crippen LogP contribution in [0.1, 0.15) is 32.6 Å². The average molecular weight is 209 g/mol. The first-order chi connectivity index (χ1) is 7.27. The normalized spacial score (nSPS) is 17.5. The van der Waals surface area contributed by atoms with Crippen LogP contribution in [0.25, 0.3) is 0 Å². The lowest BCUT2D eigenvalue weighted by atomic mass is 10.2. The minimum atomic E-state index is 0.154. The van der Waals surface area contributed by atoms with E-state index in [4.69, 9.17) is 5.26 Å². The van der Waals surface area contributed by atoms with Crippen LogP contribution in [0, 0.1) is 11.3 Å². The lowest BCUT2D eigenvalue weighted by Crippen LogP contribution is -2.40. The van der Waals surface area contributed by atoms with Crippen LogP contribution >= 0.6 is 0 Å². The Labute approximate surface area is 91.2 Å². The molecule has 4 nitrogen and oxygen atoms in total. The summed E-state index contributed by atoms with van der Waals surface area (Å²) in [4.78, 5) is 13.5. The van der Waals surface area contributed by atoms with Crippen molar-refractivity contribution in [2.45, 2.75) is 38.6 Å². The van der Waals surface area contributed by atoms with Gasteiger partial charge < -0.3 is 10.2 Å². The van der Waals surface area contributed by atoms with Crippen molar-refractivity contribution in [3.8, 4) is 6.07 Å². The molecule has 0 spiro atoms. The van der Waals surface area contributed by atoms with Gasteiger partial charge in [0.15, 0.2) is 0 Å². The zero-order chi connectivity index (χ0) is 11.1. The van der Waals surface area contributed by atoms with Crippen molar-refractivity contribution in [1.29, 1.82) is 5.26 Å². The number of amides is 1. The topological polar surface area (TPSA) is 56.1 Å². The third kappa shape index (κ3) is 3.88. The third-order valence-corrected chi connectivity index (χ3v) is 2.83. The maximum Gasteiger partial charge on any atom is 0.236 e. The summed E-state index contributed by atoms with van der Waals surface area (Å²) in [5, 5.41) is 11.7. The molecular weight excluding hydrogens is 190 g/mol. The van der Waals surface area contributed by atoms with Gasteiger partial charge in [-0.3, -0.25) is 4.79 Å². The molecule has 1 aliphatic rings. The Morgan fingerprint density at radius 1 is 1.53 bits per heavy atom. The molecule has 0 aromatic carbocycles. The minimum Gasteiger partial charge on any atom is -0.342 e. The fourth-order valence-electron chi connectivity index (χ4n) is 1.78. The van der Waals surface area contributed by atoms with Crippen molar-refractivity contribution in [2.24, 2.45) is 0 Å². The number of likely N-dealkylation sites (tertiary alicyclic amines) is 1. The van der Waals surface area contributed by atoms with E-state index in [0.29, 0.717) is 13.0 Å². The summed E-state index contributed by atoms with van der Waals surface area (Å²) in [6.07, 6.45) is 3.62. The standard InChI is InChI=1S/C11H19N3O/c1-2-10(5-6-12)13-9-11(15)14-7-3-4-8-14/h10,13H,2-5,7-9H2,1H3. The van der Waals surface area contributed by atoms with E-state index in [1.807, 2.05) is 11.8 Å². The van der Waals surface area contributed by atoms with E-state index in [2.05, 4.69) is 11.4 Å². The average Bonchev–Trinajstić information content (AvgIpc) is 2.77. The summed E-state index contributed by atoms with van der Waals surface area (Å²) in [6, 6.07) is 2.28. The SMILES string of the molecule is CCC(CC#N)NCC(=O)N1CCCC1. The number of nitrogens with zero attached hydrogens (tertiary/aromatic N) is 2. The molecule has 0 aromatic heterocycles. The smallest absolute Gasteiger partial charge is 0.236 e. The molecule has 15 heavy (non-hydrogen) atoms. The van der Waals surface area contributed by atoms with Gasteiger partial charge in [0.1, 0.15) is 0 Å². The van der Waals surface area contributed by atoms with E-state index in [9.17, 15) is 4.79 Å². The summed E-state index contributed by atoms with van der Waals surface area (Å²) in [5.74, 6) is 0.170. The van der Waals surface area contributed by atoms with Crippen molar-refractivity contribution in [3.05, 3.63) is 0 Å². The molecule has 1 unspecified atom stereocenters. The monoisotopic (exact) mass is 209 g/mol. The van der Waals surface area contributed by atoms with E-state index < -0.39 is 0 Å². The van der Waals surface area contributed by atoms with Gasteiger partial charge in [0.2, 0.25) is 5.91 Å². The molecule has 4 heteroatoms. The Kier molecular flexibility index (Phi) is 5.13. The summed E-state index contributed by atoms with van der Waals surface area (Å²) in [6.45, 7) is 4.20. The number of carbonyl (C=O) groups is 1. The van der Waals surface area contributed by atoms with E-state index >= 15 is 0 Å². The molecule has 1 heterocycles. The second-order valence-corrected chi connectivity index (χ2v) is 3.94. The first kappa shape index (κ1) is 12.0. The first-order valence-corrected chi connectivity index (χ1v) is 5.66. The van der Waals surface area contributed by atoms with E-state index in [-0.39, 0.29) is 11.9 Å². The van der Waals surface area contributed by atoms with Crippen LogP contribution in [0.4, 0.5) is 0 Å². The number of nitriles is 1. The molecule has 1 atom stereocenters. The number of rotatable bonds is 5. The molecule has 1 N–H and O–H groups in total. The Bertz CT molecular complexity index is 241. The van der Waals surface area contributed by atoms with Crippen LogP contribution in [0.3, 0.4) is 0 Å². The van der Waals surface area contributed by atoms with Crippen molar-refractivity contribution in [2.75, 3.05) is 19.6 Å². The van der Waals surface area contributed by atoms with Crippen LogP contribution in [0.15, 0.2) is 0 Å². The van der Waals surface area contributed by atoms with Gasteiger partial charge in [-0.2, -0.15) is 5.26 Å². The molecule has 1 rings (SSSR count). The lowest BCUT2D eigenvalue weighted by molar-refractivity contribution is -0.129. The fourth-order valence-corrected chi connectivity index (χ4v) is 1.78. The van der Waals surface area contributed by atoms with E-state index in [1.54, 1.807) is 0 Å². The Balaban J connectivity index is 2.23. The van der Waals surface area contributed by atoms with Crippen LogP contribution in [-0.4, -0.2) is 36.5 Å². The van der Waals surface area contributed by atoms with Gasteiger partial charge >= 0.3 is 0 Å². The Morgan fingerprint density at radius 2 is 2.20 bits per heavy atom. The number of carbonyl (C=O) groups excluding carboxylic acids is 1. The first-order valence-electron chi connectivity index (χ1n) is 5.66. The second-order valence-electron chi connectivity index (χ2n) is 3.94. The molecule has 0 aliphatic carbocycles. The maximum atomic E-state index is 11.7. The molecule has 0 saturated carbocycles. The van der Waals surface area contributed by atoms with Crippen molar-refractivity contribution < 1.29 is 4.79 Å². The van der Waals surface area contributed by atoms with Gasteiger partial charge in [-0.1, -0.05) is 6.92 Å². The number of hydrogen-bond donors (Lipinski definition) is 1. The molecule has 0 radical (unpaired) electrons. The molecule has 1 aliphatic heterocycles. The van der Waals surface area contributed by atoms with Crippen molar-refractivity contribution in [1.82, 2.24) is 10.2 Å². The van der Waals surface area contributed by atoms with Gasteiger partial charge in [0.05, 0.1) is 19.0 Å². The van der Waals surface area contributed by atoms with Crippen LogP contribution < -0.4 is 5.32 Å². The summed E-state index contributed by atoms with van der Waals surface area (Å²) >= 11 is 0. The predicted octanol–water partition coefficient (Wildman–Crippen LogP) is 0.891. The molecule has 1 fully saturated rings. The predicted molar refractivity (Wildman–Crippen MR) is 58.1 cm³/mol. The number of nitrogens with one attached hydrogen (secondary N) is 1. The maximum absolute atomic E-state index is 11.7. The van der Waals surface area contributed by atoms with Gasteiger partial charge in [0, 0.05) is 19.1 Å². The quantitative estimate of drug-likeness (QED) is 0.731. The van der Waals surface area contributed by atoms with Gasteiger partial charge in [-0.25, -0.2) is 0 Å². The van der Waals surface area contributed by atoms with Crippen molar-refractivity contribution in [3.63, 3.8) is 0 Å². The highest BCUT2D eigenvalue weighted by molar-refractivity contribution is 5.78. The molecule has 84 valence electrons. The highest BCUT2D eigenvalue weighted by atomic mass is 16.2. The van der Waals surface area contributed by atoms with Crippen LogP contribution in [-0.2, 0) is 4.79 Å². The second kappa shape index (κ2) is 6.41. The highest BCUT2D eigenvalue weighted by Gasteiger charge is 2.18. The van der Waals surface area contributed by atoms with Gasteiger partial charge in [-0.05, 0) is 19.3 Å². The lowest BCUT2D eigenvalue weighted by Gasteiger charge is -2.18. The highest BCUT2D eigenvalue weighted by Crippen LogP contribution is 2.07. The van der Waals surface area contributed by atoms with Gasteiger partial charge in [0.25, 0.3) is 0 Å². The zero-order valence-electron chi connectivity index (χ0n) is 9.33. The van der Waals surface area contributed by atoms with Crippen molar-refractivity contribution >= 4 is 5.91 Å². The molecule has 0 aromatic rings. The minimum absolute atomic E-state index is 0.154. The largest absolute Gasteiger partial charge is 0.342 e. The summed E-state index contributed by atoms with van der Waals surface area (Å²) < 4.78 is 0. The molecule has 0 bridgehead atoms. The van der Waals surface area contributed by atoms with E-state index in [0.717, 1.165) is 32.4 Å². The molecule has 1 amide bonds. The van der Waals surface area contributed by atoms with Crippen LogP contribution in [0.5, 0.6) is 0 Å². The Morgan fingerprint density at radius 3 is 2.73 bits per heavy atom. The zero-order valence-corrected chi connectivity index (χ0v) is 9.33. The summed E-state index contributed by atoms with van der Waals surface area (Å²) in [7, 11) is 0. The van der Waals surface area contributed by atoms with Gasteiger partial charge in [-0.15, -0.1) is 0 Å². The molecule has 1 saturated heterocycles. The fraction of sp³-hybridized carbons (Fsp3) is 0.818. The third-order valence-electron chi connectivity index (χ3n) is 2.83.